The molecule has 9 nitrogen and oxygen atoms in total. The molecule has 39 heavy (non-hydrogen) atoms. The number of nitrogens with one attached hydrogen (secondary N) is 1. The van der Waals surface area contributed by atoms with Gasteiger partial charge in [0.15, 0.2) is 0 Å². The number of nitrogens with zero attached hydrogens (tertiary/aromatic N) is 5. The average molecular weight is 549 g/mol. The molecule has 2 N–H and O–H groups in total. The van der Waals surface area contributed by atoms with E-state index in [1.54, 1.807) is 10.7 Å². The number of likely N-dealkylation sites (tertiary alicyclic amines) is 1. The number of carbonyl (C=O) groups excluding carboxylic acids is 1. The summed E-state index contributed by atoms with van der Waals surface area (Å²) < 4.78 is 3.01. The maximum Gasteiger partial charge on any atom is 0.296 e. The molecule has 6 rings (SSSR count). The third kappa shape index (κ3) is 5.34. The Morgan fingerprint density at radius 1 is 1.10 bits per heavy atom. The number of aliphatic hydroxyl groups is 1. The first-order valence-corrected chi connectivity index (χ1v) is 13.2. The van der Waals surface area contributed by atoms with Gasteiger partial charge in [0, 0.05) is 38.2 Å². The minimum absolute atomic E-state index is 0. The van der Waals surface area contributed by atoms with Crippen molar-refractivity contribution in [3.05, 3.63) is 88.1 Å². The Kier molecular flexibility index (Phi) is 7.57. The monoisotopic (exact) mass is 548 g/mol. The first kappa shape index (κ1) is 27.1. The van der Waals surface area contributed by atoms with Gasteiger partial charge in [0.1, 0.15) is 6.33 Å². The third-order valence-corrected chi connectivity index (χ3v) is 7.99. The lowest BCUT2D eigenvalue weighted by Crippen LogP contribution is -2.50. The molecule has 0 radical (unpaired) electrons. The molecule has 1 saturated heterocycles. The van der Waals surface area contributed by atoms with Crippen LogP contribution in [0.3, 0.4) is 0 Å². The van der Waals surface area contributed by atoms with Crippen LogP contribution in [-0.2, 0) is 24.4 Å². The predicted molar refractivity (Wildman–Crippen MR) is 151 cm³/mol. The topological polar surface area (TPSA) is 105 Å². The van der Waals surface area contributed by atoms with E-state index in [4.69, 9.17) is 0 Å². The fraction of sp³-hybridized carbons (Fsp3) is 0.379. The van der Waals surface area contributed by atoms with Gasteiger partial charge in [-0.2, -0.15) is 5.10 Å². The number of hydrogen-bond acceptors (Lipinski definition) is 6. The Balaban J connectivity index is 0.00000308. The van der Waals surface area contributed by atoms with Crippen LogP contribution in [0.25, 0.3) is 16.9 Å². The lowest BCUT2D eigenvalue weighted by atomic mass is 9.90. The van der Waals surface area contributed by atoms with E-state index in [-0.39, 0.29) is 42.0 Å². The van der Waals surface area contributed by atoms with Crippen molar-refractivity contribution in [2.75, 3.05) is 13.1 Å². The van der Waals surface area contributed by atoms with Crippen molar-refractivity contribution >= 4 is 24.0 Å². The van der Waals surface area contributed by atoms with Crippen molar-refractivity contribution in [3.8, 4) is 11.3 Å². The maximum atomic E-state index is 13.3. The molecule has 0 saturated carbocycles. The van der Waals surface area contributed by atoms with Crippen LogP contribution in [0.1, 0.15) is 48.8 Å². The summed E-state index contributed by atoms with van der Waals surface area (Å²) in [5, 5.41) is 19.1. The van der Waals surface area contributed by atoms with Gasteiger partial charge in [-0.3, -0.25) is 14.2 Å². The second-order valence-electron chi connectivity index (χ2n) is 10.7. The highest BCUT2D eigenvalue weighted by Gasteiger charge is 2.35. The Morgan fingerprint density at radius 3 is 2.62 bits per heavy atom. The molecule has 1 fully saturated rings. The normalized spacial score (nSPS) is 17.0. The fourth-order valence-electron chi connectivity index (χ4n) is 5.60. The number of halogens is 1. The van der Waals surface area contributed by atoms with Crippen LogP contribution >= 0.6 is 12.4 Å². The molecular formula is C29H33ClN6O3. The molecular weight excluding hydrogens is 516 g/mol. The van der Waals surface area contributed by atoms with Crippen LogP contribution in [-0.4, -0.2) is 53.8 Å². The van der Waals surface area contributed by atoms with Crippen molar-refractivity contribution < 1.29 is 9.90 Å². The maximum absolute atomic E-state index is 13.3. The average Bonchev–Trinajstić information content (AvgIpc) is 3.58. The number of piperidine rings is 1. The molecule has 204 valence electrons. The summed E-state index contributed by atoms with van der Waals surface area (Å²) in [6.45, 7) is 4.79. The molecule has 1 amide bonds. The summed E-state index contributed by atoms with van der Waals surface area (Å²) in [6.07, 6.45) is 4.39. The molecule has 0 spiro atoms. The van der Waals surface area contributed by atoms with Crippen LogP contribution in [0.4, 0.5) is 0 Å². The van der Waals surface area contributed by atoms with Gasteiger partial charge in [0.25, 0.3) is 5.56 Å². The highest BCUT2D eigenvalue weighted by atomic mass is 35.5. The van der Waals surface area contributed by atoms with Crippen molar-refractivity contribution in [2.45, 2.75) is 57.3 Å². The molecule has 10 heteroatoms. The minimum atomic E-state index is -1.09. The lowest BCUT2D eigenvalue weighted by molar-refractivity contribution is -0.136. The number of fused-ring (bicyclic) bond motifs is 2. The van der Waals surface area contributed by atoms with E-state index in [9.17, 15) is 14.7 Å². The van der Waals surface area contributed by atoms with Gasteiger partial charge < -0.3 is 15.3 Å². The van der Waals surface area contributed by atoms with Crippen LogP contribution in [0.5, 0.6) is 0 Å². The Hall–Kier alpha value is -3.53. The van der Waals surface area contributed by atoms with E-state index in [0.29, 0.717) is 32.4 Å². The summed E-state index contributed by atoms with van der Waals surface area (Å²) in [4.78, 5) is 32.4. The number of amides is 1. The number of carbonyl (C=O) groups is 1. The van der Waals surface area contributed by atoms with Gasteiger partial charge in [0.05, 0.1) is 24.0 Å². The summed E-state index contributed by atoms with van der Waals surface area (Å²) >= 11 is 0. The molecule has 2 aliphatic heterocycles. The van der Waals surface area contributed by atoms with E-state index in [0.717, 1.165) is 29.9 Å². The largest absolute Gasteiger partial charge is 0.388 e. The van der Waals surface area contributed by atoms with Gasteiger partial charge in [-0.25, -0.2) is 9.50 Å². The quantitative estimate of drug-likeness (QED) is 0.383. The van der Waals surface area contributed by atoms with Crippen molar-refractivity contribution in [3.63, 3.8) is 0 Å². The zero-order valence-corrected chi connectivity index (χ0v) is 22.7. The number of aromatic nitrogens is 4. The molecule has 0 aliphatic carbocycles. The SMILES string of the molecule is C[C@H](CC(=O)N1CCC(O)(Cn2cnn3c(-c4ccc5c(c4)CNC5)cnc3c2=O)CC1)c1ccccc1.Cl. The lowest BCUT2D eigenvalue weighted by Gasteiger charge is -2.38. The smallest absolute Gasteiger partial charge is 0.296 e. The van der Waals surface area contributed by atoms with Crippen LogP contribution in [0.2, 0.25) is 0 Å². The molecule has 2 aliphatic rings. The Bertz CT molecular complexity index is 1540. The molecule has 1 atom stereocenters. The second-order valence-corrected chi connectivity index (χ2v) is 10.7. The van der Waals surface area contributed by atoms with Gasteiger partial charge in [-0.1, -0.05) is 49.4 Å². The molecule has 2 aromatic carbocycles. The van der Waals surface area contributed by atoms with Crippen LogP contribution < -0.4 is 10.9 Å². The highest BCUT2D eigenvalue weighted by Crippen LogP contribution is 2.27. The van der Waals surface area contributed by atoms with E-state index >= 15 is 0 Å². The van der Waals surface area contributed by atoms with E-state index in [1.807, 2.05) is 41.3 Å². The van der Waals surface area contributed by atoms with Crippen LogP contribution in [0, 0.1) is 0 Å². The van der Waals surface area contributed by atoms with Crippen molar-refractivity contribution in [1.29, 1.82) is 0 Å². The van der Waals surface area contributed by atoms with E-state index < -0.39 is 5.60 Å². The van der Waals surface area contributed by atoms with Gasteiger partial charge in [0.2, 0.25) is 11.6 Å². The van der Waals surface area contributed by atoms with Gasteiger partial charge >= 0.3 is 0 Å². The van der Waals surface area contributed by atoms with Gasteiger partial charge in [-0.15, -0.1) is 12.4 Å². The summed E-state index contributed by atoms with van der Waals surface area (Å²) in [6, 6.07) is 16.3. The van der Waals surface area contributed by atoms with E-state index in [1.165, 1.54) is 22.0 Å². The number of imidazole rings is 1. The first-order chi connectivity index (χ1) is 18.4. The van der Waals surface area contributed by atoms with E-state index in [2.05, 4.69) is 34.5 Å². The molecule has 0 unspecified atom stereocenters. The summed E-state index contributed by atoms with van der Waals surface area (Å²) in [5.74, 6) is 0.227. The molecule has 2 aromatic heterocycles. The zero-order chi connectivity index (χ0) is 26.3. The van der Waals surface area contributed by atoms with Gasteiger partial charge in [-0.05, 0) is 41.5 Å². The highest BCUT2D eigenvalue weighted by molar-refractivity contribution is 5.85. The molecule has 4 heterocycles. The first-order valence-electron chi connectivity index (χ1n) is 13.2. The predicted octanol–water partition coefficient (Wildman–Crippen LogP) is 3.13. The number of benzene rings is 2. The fourth-order valence-corrected chi connectivity index (χ4v) is 5.60. The standard InChI is InChI=1S/C29H32N6O3.ClH/c1-20(21-5-3-2-4-6-21)13-26(36)33-11-9-29(38,10-12-33)18-34-19-32-35-25(17-31-27(35)28(34)37)22-7-8-23-15-30-16-24(23)14-22;/h2-8,14,17,19-20,30,38H,9-13,15-16,18H2,1H3;1H/t20-;/m1./s1. The zero-order valence-electron chi connectivity index (χ0n) is 21.9. The Morgan fingerprint density at radius 2 is 1.85 bits per heavy atom. The van der Waals surface area contributed by atoms with Crippen LogP contribution in [0.15, 0.2) is 65.8 Å². The number of rotatable bonds is 6. The summed E-state index contributed by atoms with van der Waals surface area (Å²) in [5.41, 5.74) is 4.23. The van der Waals surface area contributed by atoms with Crippen molar-refractivity contribution in [2.24, 2.45) is 0 Å². The Labute approximate surface area is 232 Å². The molecule has 0 bridgehead atoms. The third-order valence-electron chi connectivity index (χ3n) is 7.99. The summed E-state index contributed by atoms with van der Waals surface area (Å²) in [7, 11) is 0. The van der Waals surface area contributed by atoms with Crippen molar-refractivity contribution in [1.82, 2.24) is 29.4 Å². The minimum Gasteiger partial charge on any atom is -0.388 e. The molecule has 4 aromatic rings. The second kappa shape index (κ2) is 10.9. The number of hydrogen-bond donors (Lipinski definition) is 2.